The molecule has 1 aromatic heterocycles. The van der Waals surface area contributed by atoms with Crippen LogP contribution in [0.5, 0.6) is 0 Å². The number of halogens is 1. The molecule has 1 saturated carbocycles. The molecule has 10 heteroatoms. The number of carbonyl (C=O) groups excluding carboxylic acids is 1. The molecule has 0 radical (unpaired) electrons. The second-order valence-corrected chi connectivity index (χ2v) is 7.68. The Bertz CT molecular complexity index is 1090. The average Bonchev–Trinajstić information content (AvgIpc) is 3.41. The van der Waals surface area contributed by atoms with E-state index in [9.17, 15) is 28.7 Å². The van der Waals surface area contributed by atoms with Crippen LogP contribution in [0, 0.1) is 5.82 Å². The summed E-state index contributed by atoms with van der Waals surface area (Å²) in [7, 11) is 0. The first-order valence-corrected chi connectivity index (χ1v) is 9.00. The van der Waals surface area contributed by atoms with Crippen LogP contribution in [-0.4, -0.2) is 37.9 Å². The maximum Gasteiger partial charge on any atom is 0.341 e. The smallest absolute Gasteiger partial charge is 0.341 e. The van der Waals surface area contributed by atoms with Gasteiger partial charge in [0, 0.05) is 12.2 Å². The van der Waals surface area contributed by atoms with Gasteiger partial charge in [0.05, 0.1) is 33.2 Å². The molecule has 1 aliphatic carbocycles. The van der Waals surface area contributed by atoms with Crippen LogP contribution in [0.25, 0.3) is 10.9 Å². The van der Waals surface area contributed by atoms with Crippen molar-refractivity contribution in [1.82, 2.24) is 4.57 Å². The van der Waals surface area contributed by atoms with E-state index in [4.69, 9.17) is 5.11 Å². The lowest BCUT2D eigenvalue weighted by molar-refractivity contribution is -0.138. The number of carbonyl (C=O) groups is 3. The van der Waals surface area contributed by atoms with Crippen molar-refractivity contribution in [2.24, 2.45) is 0 Å². The van der Waals surface area contributed by atoms with Gasteiger partial charge in [-0.1, -0.05) is 0 Å². The number of nitrogens with one attached hydrogen (secondary N) is 1. The minimum absolute atomic E-state index is 0.0422. The molecule has 1 aromatic carbocycles. The third-order valence-corrected chi connectivity index (χ3v) is 5.85. The van der Waals surface area contributed by atoms with Crippen LogP contribution in [-0.2, 0) is 9.59 Å². The Morgan fingerprint density at radius 1 is 1.30 bits per heavy atom. The van der Waals surface area contributed by atoms with Crippen molar-refractivity contribution in [1.29, 1.82) is 0 Å². The highest BCUT2D eigenvalue weighted by molar-refractivity contribution is 8.01. The fraction of sp³-hybridized carbons (Fsp3) is 0.294. The SMILES string of the molecule is O=C(O)C[C@@H]1Sc2c(F)cc3c(=O)c(C(=O)O)cn(C4CC4)c3c2NC1=O. The summed E-state index contributed by atoms with van der Waals surface area (Å²) < 4.78 is 16.3. The number of carboxylic acids is 2. The zero-order valence-corrected chi connectivity index (χ0v) is 14.5. The molecule has 1 fully saturated rings. The predicted octanol–water partition coefficient (Wildman–Crippen LogP) is 2.06. The standard InChI is InChI=1S/C17H13FN2O6S/c18-9-3-7-13(12-15(9)27-10(4-11(21)22)16(24)19-12)20(6-1-2-6)5-8(14(7)23)17(25)26/h3,5-6,10H,1-2,4H2,(H,19,24)(H,21,22)(H,25,26)/t10-/m0/s1. The van der Waals surface area contributed by atoms with Crippen LogP contribution >= 0.6 is 11.8 Å². The third kappa shape index (κ3) is 2.85. The highest BCUT2D eigenvalue weighted by Gasteiger charge is 2.35. The summed E-state index contributed by atoms with van der Waals surface area (Å²) >= 11 is 0.793. The second-order valence-electron chi connectivity index (χ2n) is 6.47. The molecule has 2 aromatic rings. The van der Waals surface area contributed by atoms with Crippen LogP contribution in [0.2, 0.25) is 0 Å². The number of carboxylic acid groups (broad SMARTS) is 2. The van der Waals surface area contributed by atoms with Crippen molar-refractivity contribution in [2.75, 3.05) is 5.32 Å². The van der Waals surface area contributed by atoms with Crippen LogP contribution in [0.15, 0.2) is 22.0 Å². The molecule has 140 valence electrons. The number of aliphatic carboxylic acids is 1. The van der Waals surface area contributed by atoms with Crippen molar-refractivity contribution >= 4 is 46.2 Å². The first kappa shape index (κ1) is 17.5. The van der Waals surface area contributed by atoms with E-state index in [1.165, 1.54) is 6.20 Å². The summed E-state index contributed by atoms with van der Waals surface area (Å²) in [5.74, 6) is -4.00. The van der Waals surface area contributed by atoms with E-state index in [0.717, 1.165) is 30.7 Å². The number of thioether (sulfide) groups is 1. The molecule has 0 unspecified atom stereocenters. The molecule has 0 spiro atoms. The lowest BCUT2D eigenvalue weighted by atomic mass is 10.1. The molecule has 8 nitrogen and oxygen atoms in total. The van der Waals surface area contributed by atoms with E-state index in [1.54, 1.807) is 4.57 Å². The Balaban J connectivity index is 2.00. The van der Waals surface area contributed by atoms with Crippen molar-refractivity contribution < 1.29 is 29.0 Å². The lowest BCUT2D eigenvalue weighted by Gasteiger charge is -2.26. The molecule has 0 saturated heterocycles. The first-order valence-electron chi connectivity index (χ1n) is 8.12. The molecule has 2 aliphatic rings. The number of anilines is 1. The van der Waals surface area contributed by atoms with Gasteiger partial charge >= 0.3 is 11.9 Å². The molecule has 1 aliphatic heterocycles. The molecule has 3 N–H and O–H groups in total. The lowest BCUT2D eigenvalue weighted by Crippen LogP contribution is -2.32. The topological polar surface area (TPSA) is 126 Å². The maximum absolute atomic E-state index is 14.7. The van der Waals surface area contributed by atoms with Crippen LogP contribution in [0.3, 0.4) is 0 Å². The number of rotatable bonds is 4. The van der Waals surface area contributed by atoms with Gasteiger partial charge in [0.2, 0.25) is 11.3 Å². The molecule has 27 heavy (non-hydrogen) atoms. The number of fused-ring (bicyclic) bond motifs is 3. The van der Waals surface area contributed by atoms with Crippen molar-refractivity contribution in [2.45, 2.75) is 35.4 Å². The van der Waals surface area contributed by atoms with Gasteiger partial charge in [-0.3, -0.25) is 14.4 Å². The van der Waals surface area contributed by atoms with Crippen molar-refractivity contribution in [3.05, 3.63) is 33.9 Å². The van der Waals surface area contributed by atoms with Crippen LogP contribution < -0.4 is 10.7 Å². The minimum Gasteiger partial charge on any atom is -0.481 e. The van der Waals surface area contributed by atoms with Gasteiger partial charge in [0.1, 0.15) is 11.4 Å². The van der Waals surface area contributed by atoms with Gasteiger partial charge in [-0.2, -0.15) is 0 Å². The molecule has 4 rings (SSSR count). The van der Waals surface area contributed by atoms with Gasteiger partial charge in [-0.25, -0.2) is 9.18 Å². The molecule has 0 bridgehead atoms. The Labute approximate surface area is 155 Å². The summed E-state index contributed by atoms with van der Waals surface area (Å²) in [4.78, 5) is 47.2. The summed E-state index contributed by atoms with van der Waals surface area (Å²) in [6, 6.07) is 0.920. The molecular formula is C17H13FN2O6S. The minimum atomic E-state index is -1.41. The fourth-order valence-corrected chi connectivity index (χ4v) is 4.30. The van der Waals surface area contributed by atoms with E-state index in [1.807, 2.05) is 0 Å². The Kier molecular flexibility index (Phi) is 3.95. The van der Waals surface area contributed by atoms with Crippen molar-refractivity contribution in [3.8, 4) is 0 Å². The first-order chi connectivity index (χ1) is 12.8. The maximum atomic E-state index is 14.7. The number of aromatic carboxylic acids is 1. The zero-order valence-electron chi connectivity index (χ0n) is 13.7. The van der Waals surface area contributed by atoms with E-state index in [0.29, 0.717) is 0 Å². The van der Waals surface area contributed by atoms with Crippen LogP contribution in [0.4, 0.5) is 10.1 Å². The van der Waals surface area contributed by atoms with Gasteiger partial charge in [0.25, 0.3) is 0 Å². The third-order valence-electron chi connectivity index (χ3n) is 4.55. The van der Waals surface area contributed by atoms with E-state index in [2.05, 4.69) is 5.32 Å². The number of hydrogen-bond donors (Lipinski definition) is 3. The van der Waals surface area contributed by atoms with Crippen LogP contribution in [0.1, 0.15) is 35.7 Å². The number of pyridine rings is 1. The molecule has 1 amide bonds. The Hall–Kier alpha value is -2.88. The monoisotopic (exact) mass is 392 g/mol. The highest BCUT2D eigenvalue weighted by Crippen LogP contribution is 2.45. The number of benzene rings is 1. The van der Waals surface area contributed by atoms with Crippen molar-refractivity contribution in [3.63, 3.8) is 0 Å². The Morgan fingerprint density at radius 3 is 2.59 bits per heavy atom. The van der Waals surface area contributed by atoms with E-state index < -0.39 is 46.3 Å². The predicted molar refractivity (Wildman–Crippen MR) is 93.9 cm³/mol. The number of amides is 1. The Morgan fingerprint density at radius 2 is 2.00 bits per heavy atom. The summed E-state index contributed by atoms with van der Waals surface area (Å²) in [6.07, 6.45) is 2.29. The average molecular weight is 392 g/mol. The molecule has 1 atom stereocenters. The van der Waals surface area contributed by atoms with Gasteiger partial charge < -0.3 is 20.1 Å². The second kappa shape index (κ2) is 6.08. The van der Waals surface area contributed by atoms with Gasteiger partial charge in [0.15, 0.2) is 0 Å². The normalized spacial score (nSPS) is 18.9. The van der Waals surface area contributed by atoms with E-state index >= 15 is 0 Å². The van der Waals surface area contributed by atoms with Gasteiger partial charge in [-0.05, 0) is 18.9 Å². The number of nitrogens with zero attached hydrogens (tertiary/aromatic N) is 1. The number of hydrogen-bond acceptors (Lipinski definition) is 5. The molecule has 2 heterocycles. The largest absolute Gasteiger partial charge is 0.481 e. The summed E-state index contributed by atoms with van der Waals surface area (Å²) in [5.41, 5.74) is -0.948. The zero-order chi connectivity index (χ0) is 19.5. The van der Waals surface area contributed by atoms with Gasteiger partial charge in [-0.15, -0.1) is 11.8 Å². The summed E-state index contributed by atoms with van der Waals surface area (Å²) in [5, 5.41) is 19.6. The molecular weight excluding hydrogens is 379 g/mol. The highest BCUT2D eigenvalue weighted by atomic mass is 32.2. The quantitative estimate of drug-likeness (QED) is 0.727. The number of aromatic nitrogens is 1. The van der Waals surface area contributed by atoms with E-state index in [-0.39, 0.29) is 27.5 Å². The fourth-order valence-electron chi connectivity index (χ4n) is 3.19. The summed E-state index contributed by atoms with van der Waals surface area (Å²) in [6.45, 7) is 0.